The third-order valence-corrected chi connectivity index (χ3v) is 6.35. The van der Waals surface area contributed by atoms with Crippen molar-refractivity contribution in [1.82, 2.24) is 0 Å². The second-order valence-electron chi connectivity index (χ2n) is 8.06. The van der Waals surface area contributed by atoms with Gasteiger partial charge in [-0.25, -0.2) is 8.78 Å². The molecule has 0 amide bonds. The predicted octanol–water partition coefficient (Wildman–Crippen LogP) is 7.01. The summed E-state index contributed by atoms with van der Waals surface area (Å²) in [4.78, 5) is 0. The third-order valence-electron chi connectivity index (χ3n) is 6.35. The van der Waals surface area contributed by atoms with Gasteiger partial charge in [-0.2, -0.15) is 0 Å². The molecular weight excluding hydrogens is 326 g/mol. The highest BCUT2D eigenvalue weighted by Crippen LogP contribution is 2.36. The van der Waals surface area contributed by atoms with Crippen LogP contribution in [0, 0.1) is 41.2 Å². The molecule has 0 nitrogen and oxygen atoms in total. The molecule has 2 saturated carbocycles. The molecule has 0 bridgehead atoms. The van der Waals surface area contributed by atoms with Gasteiger partial charge >= 0.3 is 0 Å². The van der Waals surface area contributed by atoms with E-state index >= 15 is 0 Å². The van der Waals surface area contributed by atoms with Crippen LogP contribution in [0.15, 0.2) is 30.4 Å². The van der Waals surface area contributed by atoms with Crippen LogP contribution in [0.1, 0.15) is 76.2 Å². The fourth-order valence-electron chi connectivity index (χ4n) is 4.48. The molecule has 0 aromatic heterocycles. The molecule has 2 heteroatoms. The maximum absolute atomic E-state index is 13.4. The molecule has 0 spiro atoms. The highest BCUT2D eigenvalue weighted by atomic mass is 19.2. The van der Waals surface area contributed by atoms with Crippen molar-refractivity contribution in [3.05, 3.63) is 47.5 Å². The van der Waals surface area contributed by atoms with Gasteiger partial charge < -0.3 is 0 Å². The van der Waals surface area contributed by atoms with Crippen molar-refractivity contribution in [3.8, 4) is 11.8 Å². The van der Waals surface area contributed by atoms with Crippen LogP contribution < -0.4 is 0 Å². The van der Waals surface area contributed by atoms with Gasteiger partial charge in [0, 0.05) is 5.92 Å². The first-order valence-electron chi connectivity index (χ1n) is 10.3. The summed E-state index contributed by atoms with van der Waals surface area (Å²) in [6, 6.07) is 4.34. The molecule has 0 radical (unpaired) electrons. The van der Waals surface area contributed by atoms with Gasteiger partial charge in [0.15, 0.2) is 11.6 Å². The monoisotopic (exact) mass is 356 g/mol. The average molecular weight is 357 g/mol. The Morgan fingerprint density at radius 2 is 1.69 bits per heavy atom. The van der Waals surface area contributed by atoms with Crippen LogP contribution in [0.3, 0.4) is 0 Å². The summed E-state index contributed by atoms with van der Waals surface area (Å²) in [7, 11) is 0. The van der Waals surface area contributed by atoms with Crippen molar-refractivity contribution in [2.45, 2.75) is 70.6 Å². The fourth-order valence-corrected chi connectivity index (χ4v) is 4.48. The number of benzene rings is 1. The summed E-state index contributed by atoms with van der Waals surface area (Å²) < 4.78 is 26.5. The van der Waals surface area contributed by atoms with Crippen molar-refractivity contribution >= 4 is 0 Å². The lowest BCUT2D eigenvalue weighted by atomic mass is 9.79. The van der Waals surface area contributed by atoms with Crippen LogP contribution >= 0.6 is 0 Å². The van der Waals surface area contributed by atoms with E-state index in [-0.39, 0.29) is 0 Å². The van der Waals surface area contributed by atoms with Crippen molar-refractivity contribution in [1.29, 1.82) is 0 Å². The Labute approximate surface area is 157 Å². The Kier molecular flexibility index (Phi) is 6.89. The normalized spacial score (nSPS) is 29.3. The van der Waals surface area contributed by atoms with Gasteiger partial charge in [-0.1, -0.05) is 37.3 Å². The molecular formula is C24H30F2. The summed E-state index contributed by atoms with van der Waals surface area (Å²) in [5.41, 5.74) is 0.929. The Hall–Kier alpha value is -1.62. The van der Waals surface area contributed by atoms with Gasteiger partial charge in [0.2, 0.25) is 0 Å². The Morgan fingerprint density at radius 1 is 0.962 bits per heavy atom. The van der Waals surface area contributed by atoms with Crippen LogP contribution in [0.2, 0.25) is 0 Å². The molecule has 0 heterocycles. The minimum Gasteiger partial charge on any atom is -0.204 e. The van der Waals surface area contributed by atoms with Gasteiger partial charge in [-0.05, 0) is 92.9 Å². The molecule has 0 unspecified atom stereocenters. The predicted molar refractivity (Wildman–Crippen MR) is 104 cm³/mol. The van der Waals surface area contributed by atoms with Gasteiger partial charge in [0.25, 0.3) is 0 Å². The first-order valence-corrected chi connectivity index (χ1v) is 10.3. The lowest BCUT2D eigenvalue weighted by Gasteiger charge is -2.26. The summed E-state index contributed by atoms with van der Waals surface area (Å²) >= 11 is 0. The first kappa shape index (κ1) is 19.2. The van der Waals surface area contributed by atoms with Gasteiger partial charge in [0.05, 0.1) is 0 Å². The third kappa shape index (κ3) is 5.19. The van der Waals surface area contributed by atoms with E-state index in [0.717, 1.165) is 43.1 Å². The highest BCUT2D eigenvalue weighted by Gasteiger charge is 2.22. The maximum atomic E-state index is 13.4. The zero-order valence-corrected chi connectivity index (χ0v) is 15.8. The number of hydrogen-bond donors (Lipinski definition) is 0. The van der Waals surface area contributed by atoms with E-state index in [4.69, 9.17) is 0 Å². The Bertz CT molecular complexity index is 663. The molecule has 2 aliphatic rings. The smallest absolute Gasteiger partial charge is 0.159 e. The first-order chi connectivity index (χ1) is 12.7. The molecule has 3 rings (SSSR count). The molecule has 26 heavy (non-hydrogen) atoms. The largest absolute Gasteiger partial charge is 0.204 e. The van der Waals surface area contributed by atoms with E-state index in [2.05, 4.69) is 30.9 Å². The lowest BCUT2D eigenvalue weighted by Crippen LogP contribution is -2.12. The molecule has 2 fully saturated rings. The summed E-state index contributed by atoms with van der Waals surface area (Å²) in [5, 5.41) is 0. The topological polar surface area (TPSA) is 0 Å². The quantitative estimate of drug-likeness (QED) is 0.511. The summed E-state index contributed by atoms with van der Waals surface area (Å²) in [6.45, 7) is 2.30. The number of allylic oxidation sites excluding steroid dienone is 2. The highest BCUT2D eigenvalue weighted by molar-refractivity contribution is 5.23. The van der Waals surface area contributed by atoms with Gasteiger partial charge in [0.1, 0.15) is 0 Å². The number of hydrogen-bond acceptors (Lipinski definition) is 0. The maximum Gasteiger partial charge on any atom is 0.159 e. The lowest BCUT2D eigenvalue weighted by molar-refractivity contribution is 0.304. The van der Waals surface area contributed by atoms with E-state index in [9.17, 15) is 8.78 Å². The van der Waals surface area contributed by atoms with E-state index in [1.165, 1.54) is 44.2 Å². The van der Waals surface area contributed by atoms with Crippen molar-refractivity contribution in [2.75, 3.05) is 0 Å². The number of halogens is 2. The number of rotatable bonds is 3. The standard InChI is InChI=1S/C24H30F2/c1-2-18-7-9-19(10-8-18)5-3-4-6-20-11-13-21(14-12-20)22-15-16-23(25)24(26)17-22/h3,5,15-21H,2,7-14H2,1H3/b5-3+/t18-,19-,20-,21-. The van der Waals surface area contributed by atoms with Gasteiger partial charge in [-0.15, -0.1) is 0 Å². The zero-order chi connectivity index (χ0) is 18.4. The van der Waals surface area contributed by atoms with Crippen molar-refractivity contribution in [2.24, 2.45) is 17.8 Å². The second-order valence-corrected chi connectivity index (χ2v) is 8.06. The van der Waals surface area contributed by atoms with Crippen molar-refractivity contribution < 1.29 is 8.78 Å². The SMILES string of the molecule is CC[C@H]1CC[C@H](/C=C/C#C[C@H]2CC[C@H](c3ccc(F)c(F)c3)CC2)CC1. The zero-order valence-electron chi connectivity index (χ0n) is 15.8. The van der Waals surface area contributed by atoms with E-state index in [1.54, 1.807) is 6.07 Å². The Morgan fingerprint density at radius 3 is 2.35 bits per heavy atom. The van der Waals surface area contributed by atoms with E-state index in [0.29, 0.717) is 11.8 Å². The molecule has 140 valence electrons. The fraction of sp³-hybridized carbons (Fsp3) is 0.583. The summed E-state index contributed by atoms with van der Waals surface area (Å²) in [5.74, 6) is 7.61. The van der Waals surface area contributed by atoms with Crippen LogP contribution in [-0.4, -0.2) is 0 Å². The molecule has 0 N–H and O–H groups in total. The van der Waals surface area contributed by atoms with E-state index < -0.39 is 11.6 Å². The van der Waals surface area contributed by atoms with Crippen molar-refractivity contribution in [3.63, 3.8) is 0 Å². The van der Waals surface area contributed by atoms with E-state index in [1.807, 2.05) is 0 Å². The minimum absolute atomic E-state index is 0.340. The molecule has 0 atom stereocenters. The van der Waals surface area contributed by atoms with Crippen LogP contribution in [-0.2, 0) is 0 Å². The molecule has 2 aliphatic carbocycles. The van der Waals surface area contributed by atoms with Crippen LogP contribution in [0.5, 0.6) is 0 Å². The average Bonchev–Trinajstić information content (AvgIpc) is 2.68. The second kappa shape index (κ2) is 9.36. The summed E-state index contributed by atoms with van der Waals surface area (Å²) in [6.07, 6.45) is 15.2. The molecule has 1 aromatic rings. The van der Waals surface area contributed by atoms with Gasteiger partial charge in [-0.3, -0.25) is 0 Å². The Balaban J connectivity index is 1.44. The molecule has 0 saturated heterocycles. The molecule has 0 aliphatic heterocycles. The van der Waals surface area contributed by atoms with Crippen LogP contribution in [0.25, 0.3) is 0 Å². The minimum atomic E-state index is -0.761. The van der Waals surface area contributed by atoms with Crippen LogP contribution in [0.4, 0.5) is 8.78 Å². The molecule has 1 aromatic carbocycles.